The van der Waals surface area contributed by atoms with Crippen LogP contribution >= 0.6 is 0 Å². The van der Waals surface area contributed by atoms with Crippen molar-refractivity contribution in [3.05, 3.63) is 145 Å². The molecule has 0 saturated heterocycles. The van der Waals surface area contributed by atoms with E-state index in [1.807, 2.05) is 107 Å². The number of imidazole rings is 2. The molecular formula is C38H46N6O2+2. The van der Waals surface area contributed by atoms with Crippen LogP contribution in [0.2, 0.25) is 0 Å². The minimum absolute atomic E-state index is 0.0148. The molecule has 2 amide bonds. The van der Waals surface area contributed by atoms with Crippen LogP contribution in [0, 0.1) is 11.8 Å². The molecule has 0 aliphatic heterocycles. The highest BCUT2D eigenvalue weighted by molar-refractivity contribution is 5.81. The van der Waals surface area contributed by atoms with Gasteiger partial charge in [-0.15, -0.1) is 0 Å². The second kappa shape index (κ2) is 15.3. The van der Waals surface area contributed by atoms with Crippen molar-refractivity contribution in [2.24, 2.45) is 11.8 Å². The van der Waals surface area contributed by atoms with Gasteiger partial charge in [-0.05, 0) is 28.3 Å². The maximum absolute atomic E-state index is 13.2. The van der Waals surface area contributed by atoms with Crippen LogP contribution in [-0.4, -0.2) is 20.9 Å². The van der Waals surface area contributed by atoms with Gasteiger partial charge in [-0.2, -0.15) is 0 Å². The Kier molecular flexibility index (Phi) is 10.8. The number of carbonyl (C=O) groups excluding carboxylic acids is 2. The molecule has 2 atom stereocenters. The maximum Gasteiger partial charge on any atom is 0.265 e. The summed E-state index contributed by atoms with van der Waals surface area (Å²) in [4.78, 5) is 26.4. The first-order chi connectivity index (χ1) is 22.3. The molecule has 8 nitrogen and oxygen atoms in total. The third kappa shape index (κ3) is 8.59. The van der Waals surface area contributed by atoms with Crippen LogP contribution in [0.5, 0.6) is 0 Å². The number of rotatable bonds is 14. The summed E-state index contributed by atoms with van der Waals surface area (Å²) < 4.78 is 8.25. The van der Waals surface area contributed by atoms with Crippen molar-refractivity contribution in [1.29, 1.82) is 0 Å². The summed E-state index contributed by atoms with van der Waals surface area (Å²) >= 11 is 0. The normalized spacial score (nSPS) is 12.7. The van der Waals surface area contributed by atoms with E-state index in [9.17, 15) is 9.59 Å². The molecule has 3 aromatic carbocycles. The number of aromatic nitrogens is 4. The highest BCUT2D eigenvalue weighted by Crippen LogP contribution is 2.19. The molecular weight excluding hydrogens is 572 g/mol. The Morgan fingerprint density at radius 3 is 1.37 bits per heavy atom. The van der Waals surface area contributed by atoms with E-state index in [2.05, 4.69) is 71.7 Å². The van der Waals surface area contributed by atoms with Gasteiger partial charge in [-0.3, -0.25) is 9.59 Å². The Hall–Kier alpha value is -4.98. The van der Waals surface area contributed by atoms with Gasteiger partial charge in [-0.25, -0.2) is 18.3 Å². The summed E-state index contributed by atoms with van der Waals surface area (Å²) in [6.07, 6.45) is 12.0. The van der Waals surface area contributed by atoms with Crippen molar-refractivity contribution < 1.29 is 18.7 Å². The SMILES string of the molecule is CC(C)[C@H](C(=O)NCc1ccccc1)n1cc[n+](Cc2cccc(C[n+]3ccn([C@@H](C(=O)NCc4ccccc4)C(C)C)c3)c2)c1. The molecule has 2 aromatic heterocycles. The van der Waals surface area contributed by atoms with Gasteiger partial charge in [0.2, 0.25) is 12.7 Å². The first-order valence-corrected chi connectivity index (χ1v) is 16.1. The molecule has 5 aromatic rings. The van der Waals surface area contributed by atoms with Crippen molar-refractivity contribution in [2.45, 2.75) is 66.0 Å². The van der Waals surface area contributed by atoms with Crippen molar-refractivity contribution >= 4 is 11.8 Å². The van der Waals surface area contributed by atoms with Crippen molar-refractivity contribution in [1.82, 2.24) is 19.8 Å². The van der Waals surface area contributed by atoms with Crippen LogP contribution in [0.4, 0.5) is 0 Å². The Labute approximate surface area is 272 Å². The first kappa shape index (κ1) is 32.4. The van der Waals surface area contributed by atoms with E-state index in [-0.39, 0.29) is 35.7 Å². The number of nitrogens with one attached hydrogen (secondary N) is 2. The smallest absolute Gasteiger partial charge is 0.265 e. The van der Waals surface area contributed by atoms with E-state index in [4.69, 9.17) is 0 Å². The van der Waals surface area contributed by atoms with Crippen molar-refractivity contribution in [3.8, 4) is 0 Å². The molecule has 0 unspecified atom stereocenters. The molecule has 0 radical (unpaired) electrons. The van der Waals surface area contributed by atoms with E-state index in [1.54, 1.807) is 0 Å². The molecule has 8 heteroatoms. The van der Waals surface area contributed by atoms with Gasteiger partial charge in [0.25, 0.3) is 11.8 Å². The molecule has 46 heavy (non-hydrogen) atoms. The molecule has 2 heterocycles. The lowest BCUT2D eigenvalue weighted by atomic mass is 10.0. The fourth-order valence-electron chi connectivity index (χ4n) is 5.93. The average molecular weight is 619 g/mol. The van der Waals surface area contributed by atoms with Gasteiger partial charge < -0.3 is 10.6 Å². The summed E-state index contributed by atoms with van der Waals surface area (Å²) in [7, 11) is 0. The van der Waals surface area contributed by atoms with Gasteiger partial charge in [0.15, 0.2) is 12.1 Å². The lowest BCUT2D eigenvalue weighted by Crippen LogP contribution is -2.37. The third-order valence-corrected chi connectivity index (χ3v) is 8.21. The Morgan fingerprint density at radius 1 is 0.587 bits per heavy atom. The number of hydrogen-bond donors (Lipinski definition) is 2. The van der Waals surface area contributed by atoms with Crippen LogP contribution in [0.15, 0.2) is 122 Å². The topological polar surface area (TPSA) is 75.8 Å². The second-order valence-corrected chi connectivity index (χ2v) is 12.7. The van der Waals surface area contributed by atoms with E-state index >= 15 is 0 Å². The fourth-order valence-corrected chi connectivity index (χ4v) is 5.93. The van der Waals surface area contributed by atoms with E-state index in [1.165, 1.54) is 11.1 Å². The lowest BCUT2D eigenvalue weighted by Gasteiger charge is -2.17. The summed E-state index contributed by atoms with van der Waals surface area (Å²) in [5, 5.41) is 6.21. The zero-order valence-electron chi connectivity index (χ0n) is 27.3. The minimum atomic E-state index is -0.299. The molecule has 0 bridgehead atoms. The lowest BCUT2D eigenvalue weighted by molar-refractivity contribution is -0.689. The fraction of sp³-hybridized carbons (Fsp3) is 0.316. The van der Waals surface area contributed by atoms with E-state index in [0.29, 0.717) is 26.2 Å². The monoisotopic (exact) mass is 618 g/mol. The van der Waals surface area contributed by atoms with Gasteiger partial charge in [0.05, 0.1) is 0 Å². The summed E-state index contributed by atoms with van der Waals surface area (Å²) in [6.45, 7) is 10.7. The molecule has 0 aliphatic rings. The van der Waals surface area contributed by atoms with Crippen LogP contribution < -0.4 is 19.8 Å². The first-order valence-electron chi connectivity index (χ1n) is 16.1. The average Bonchev–Trinajstić information content (AvgIpc) is 3.69. The zero-order chi connectivity index (χ0) is 32.5. The number of carbonyl (C=O) groups is 2. The zero-order valence-corrected chi connectivity index (χ0v) is 27.3. The van der Waals surface area contributed by atoms with Crippen LogP contribution in [0.3, 0.4) is 0 Å². The van der Waals surface area contributed by atoms with Crippen molar-refractivity contribution in [2.75, 3.05) is 0 Å². The highest BCUT2D eigenvalue weighted by atomic mass is 16.2. The number of hydrogen-bond acceptors (Lipinski definition) is 2. The summed E-state index contributed by atoms with van der Waals surface area (Å²) in [6, 6.07) is 27.9. The van der Waals surface area contributed by atoms with Gasteiger partial charge in [0, 0.05) is 24.9 Å². The largest absolute Gasteiger partial charge is 0.348 e. The highest BCUT2D eigenvalue weighted by Gasteiger charge is 2.30. The molecule has 238 valence electrons. The Balaban J connectivity index is 1.20. The van der Waals surface area contributed by atoms with Gasteiger partial charge in [0.1, 0.15) is 37.9 Å². The van der Waals surface area contributed by atoms with Crippen molar-refractivity contribution in [3.63, 3.8) is 0 Å². The number of nitrogens with zero attached hydrogens (tertiary/aromatic N) is 4. The molecule has 0 aliphatic carbocycles. The van der Waals surface area contributed by atoms with Gasteiger partial charge in [-0.1, -0.05) is 107 Å². The molecule has 5 rings (SSSR count). The number of amides is 2. The molecule has 2 N–H and O–H groups in total. The van der Waals surface area contributed by atoms with E-state index in [0.717, 1.165) is 11.1 Å². The number of benzene rings is 3. The molecule has 0 fully saturated rings. The Bertz CT molecular complexity index is 1580. The minimum Gasteiger partial charge on any atom is -0.348 e. The third-order valence-electron chi connectivity index (χ3n) is 8.21. The van der Waals surface area contributed by atoms with Crippen LogP contribution in [-0.2, 0) is 35.8 Å². The van der Waals surface area contributed by atoms with Crippen LogP contribution in [0.25, 0.3) is 0 Å². The Morgan fingerprint density at radius 2 is 0.978 bits per heavy atom. The van der Waals surface area contributed by atoms with Crippen LogP contribution in [0.1, 0.15) is 62.0 Å². The predicted molar refractivity (Wildman–Crippen MR) is 178 cm³/mol. The van der Waals surface area contributed by atoms with E-state index < -0.39 is 0 Å². The quantitative estimate of drug-likeness (QED) is 0.172. The maximum atomic E-state index is 13.2. The molecule has 0 saturated carbocycles. The summed E-state index contributed by atoms with van der Waals surface area (Å²) in [5.41, 5.74) is 4.52. The summed E-state index contributed by atoms with van der Waals surface area (Å²) in [5.74, 6) is 0.297. The molecule has 0 spiro atoms. The predicted octanol–water partition coefficient (Wildman–Crippen LogP) is 4.99. The van der Waals surface area contributed by atoms with Gasteiger partial charge >= 0.3 is 0 Å². The standard InChI is InChI=1S/C38H44N6O2/c1-29(2)35(37(45)39-23-31-12-7-5-8-13-31)43-20-18-41(27-43)25-33-16-11-17-34(22-33)26-42-19-21-44(28-42)36(30(3)4)38(46)40-24-32-14-9-6-10-15-32/h5-22,27-30,35-36H,23-26H2,1-4H3/p+2/t35-,36-/m1/s1. The second-order valence-electron chi connectivity index (χ2n) is 12.7.